The van der Waals surface area contributed by atoms with Crippen molar-refractivity contribution in [3.63, 3.8) is 0 Å². The van der Waals surface area contributed by atoms with Crippen LogP contribution in [0.15, 0.2) is 30.3 Å². The summed E-state index contributed by atoms with van der Waals surface area (Å²) in [5, 5.41) is 15.1. The summed E-state index contributed by atoms with van der Waals surface area (Å²) in [6.45, 7) is 0.571. The van der Waals surface area contributed by atoms with E-state index in [4.69, 9.17) is 5.73 Å². The first-order valence-electron chi connectivity index (χ1n) is 10.0. The molecule has 1 aliphatic carbocycles. The van der Waals surface area contributed by atoms with E-state index in [-0.39, 0.29) is 17.7 Å². The molecule has 1 aliphatic rings. The van der Waals surface area contributed by atoms with E-state index in [1.165, 1.54) is 0 Å². The standard InChI is InChI=1S/C21H31N3O4S/c1-29-12-11-17(22)20(26)23-13-14-7-9-16(10-8-14)19(25)24-18(21(27)28)15-5-3-2-4-6-15/h2-6,14,16-18H,7-13,22H2,1H3,(H,23,26)(H,24,25)(H,27,28). The second-order valence-electron chi connectivity index (χ2n) is 7.54. The smallest absolute Gasteiger partial charge is 0.330 e. The van der Waals surface area contributed by atoms with Crippen molar-refractivity contribution in [2.24, 2.45) is 17.6 Å². The first-order valence-corrected chi connectivity index (χ1v) is 11.4. The molecule has 1 aromatic rings. The molecule has 1 fully saturated rings. The van der Waals surface area contributed by atoms with Gasteiger partial charge < -0.3 is 21.5 Å². The van der Waals surface area contributed by atoms with E-state index in [1.807, 2.05) is 6.26 Å². The van der Waals surface area contributed by atoms with Crippen LogP contribution in [0.3, 0.4) is 0 Å². The van der Waals surface area contributed by atoms with Crippen molar-refractivity contribution < 1.29 is 19.5 Å². The molecule has 0 spiro atoms. The van der Waals surface area contributed by atoms with Crippen LogP contribution in [-0.2, 0) is 14.4 Å². The van der Waals surface area contributed by atoms with E-state index in [2.05, 4.69) is 10.6 Å². The monoisotopic (exact) mass is 421 g/mol. The fraction of sp³-hybridized carbons (Fsp3) is 0.571. The minimum absolute atomic E-state index is 0.119. The highest BCUT2D eigenvalue weighted by atomic mass is 32.2. The van der Waals surface area contributed by atoms with Crippen molar-refractivity contribution in [1.29, 1.82) is 0 Å². The van der Waals surface area contributed by atoms with Gasteiger partial charge in [0.15, 0.2) is 6.04 Å². The molecule has 8 heteroatoms. The van der Waals surface area contributed by atoms with Gasteiger partial charge in [-0.3, -0.25) is 9.59 Å². The molecule has 0 heterocycles. The summed E-state index contributed by atoms with van der Waals surface area (Å²) in [4.78, 5) is 36.2. The molecule has 7 nitrogen and oxygen atoms in total. The van der Waals surface area contributed by atoms with Crippen LogP contribution in [0.1, 0.15) is 43.7 Å². The average molecular weight is 422 g/mol. The lowest BCUT2D eigenvalue weighted by molar-refractivity contribution is -0.143. The molecule has 160 valence electrons. The summed E-state index contributed by atoms with van der Waals surface area (Å²) >= 11 is 1.67. The Balaban J connectivity index is 1.77. The Labute approximate surface area is 176 Å². The molecule has 0 radical (unpaired) electrons. The minimum Gasteiger partial charge on any atom is -0.479 e. The summed E-state index contributed by atoms with van der Waals surface area (Å²) in [5.74, 6) is -0.432. The minimum atomic E-state index is -1.07. The van der Waals surface area contributed by atoms with Gasteiger partial charge in [-0.25, -0.2) is 4.79 Å². The van der Waals surface area contributed by atoms with Gasteiger partial charge in [0.05, 0.1) is 6.04 Å². The molecule has 0 aromatic heterocycles. The first-order chi connectivity index (χ1) is 13.9. The highest BCUT2D eigenvalue weighted by Gasteiger charge is 2.30. The average Bonchev–Trinajstić information content (AvgIpc) is 2.74. The summed E-state index contributed by atoms with van der Waals surface area (Å²) in [6.07, 6.45) is 5.66. The van der Waals surface area contributed by atoms with E-state index in [0.29, 0.717) is 37.3 Å². The lowest BCUT2D eigenvalue weighted by atomic mass is 9.81. The molecule has 1 aromatic carbocycles. The lowest BCUT2D eigenvalue weighted by Gasteiger charge is -2.29. The molecule has 0 bridgehead atoms. The van der Waals surface area contributed by atoms with Crippen LogP contribution in [-0.4, -0.2) is 47.5 Å². The topological polar surface area (TPSA) is 122 Å². The second kappa shape index (κ2) is 11.8. The Morgan fingerprint density at radius 2 is 1.83 bits per heavy atom. The molecule has 0 aliphatic heterocycles. The van der Waals surface area contributed by atoms with Crippen molar-refractivity contribution >= 4 is 29.5 Å². The lowest BCUT2D eigenvalue weighted by Crippen LogP contribution is -2.43. The van der Waals surface area contributed by atoms with E-state index in [1.54, 1.807) is 42.1 Å². The van der Waals surface area contributed by atoms with Crippen LogP contribution in [0.4, 0.5) is 0 Å². The van der Waals surface area contributed by atoms with Gasteiger partial charge in [-0.2, -0.15) is 11.8 Å². The third kappa shape index (κ3) is 7.36. The molecule has 0 saturated heterocycles. The fourth-order valence-electron chi connectivity index (χ4n) is 3.57. The molecule has 5 N–H and O–H groups in total. The number of carboxylic acid groups (broad SMARTS) is 1. The number of nitrogens with one attached hydrogen (secondary N) is 2. The zero-order chi connectivity index (χ0) is 21.2. The van der Waals surface area contributed by atoms with E-state index in [9.17, 15) is 19.5 Å². The summed E-state index contributed by atoms with van der Waals surface area (Å²) in [5.41, 5.74) is 6.43. The SMILES string of the molecule is CSCCC(N)C(=O)NCC1CCC(C(=O)NC(C(=O)O)c2ccccc2)CC1. The predicted octanol–water partition coefficient (Wildman–Crippen LogP) is 1.93. The third-order valence-electron chi connectivity index (χ3n) is 5.42. The summed E-state index contributed by atoms with van der Waals surface area (Å²) in [6, 6.07) is 7.19. The molecule has 2 unspecified atom stereocenters. The van der Waals surface area contributed by atoms with E-state index >= 15 is 0 Å². The van der Waals surface area contributed by atoms with Gasteiger partial charge in [0.2, 0.25) is 11.8 Å². The number of rotatable bonds is 10. The highest BCUT2D eigenvalue weighted by Crippen LogP contribution is 2.29. The number of hydrogen-bond donors (Lipinski definition) is 4. The molecule has 2 rings (SSSR count). The number of benzene rings is 1. The second-order valence-corrected chi connectivity index (χ2v) is 8.53. The van der Waals surface area contributed by atoms with Gasteiger partial charge in [0.1, 0.15) is 0 Å². The van der Waals surface area contributed by atoms with E-state index in [0.717, 1.165) is 18.6 Å². The van der Waals surface area contributed by atoms with Crippen LogP contribution >= 0.6 is 11.8 Å². The summed E-state index contributed by atoms with van der Waals surface area (Å²) in [7, 11) is 0. The summed E-state index contributed by atoms with van der Waals surface area (Å²) < 4.78 is 0. The number of aliphatic carboxylic acids is 1. The van der Waals surface area contributed by atoms with Crippen molar-refractivity contribution in [3.05, 3.63) is 35.9 Å². The van der Waals surface area contributed by atoms with Crippen molar-refractivity contribution in [1.82, 2.24) is 10.6 Å². The van der Waals surface area contributed by atoms with Crippen LogP contribution < -0.4 is 16.4 Å². The molecule has 1 saturated carbocycles. The Morgan fingerprint density at radius 1 is 1.17 bits per heavy atom. The zero-order valence-electron chi connectivity index (χ0n) is 16.8. The van der Waals surface area contributed by atoms with Crippen molar-refractivity contribution in [3.8, 4) is 0 Å². The van der Waals surface area contributed by atoms with Gasteiger partial charge in [0.25, 0.3) is 0 Å². The van der Waals surface area contributed by atoms with Gasteiger partial charge in [-0.05, 0) is 55.6 Å². The van der Waals surface area contributed by atoms with Crippen LogP contribution in [0, 0.1) is 11.8 Å². The number of carbonyl (C=O) groups is 3. The molecule has 2 amide bonds. The maximum atomic E-state index is 12.6. The number of thioether (sulfide) groups is 1. The van der Waals surface area contributed by atoms with Crippen molar-refractivity contribution in [2.45, 2.75) is 44.2 Å². The molecular weight excluding hydrogens is 390 g/mol. The third-order valence-corrected chi connectivity index (χ3v) is 6.06. The normalized spacial score (nSPS) is 21.0. The first kappa shape index (κ1) is 23.2. The maximum absolute atomic E-state index is 12.6. The Morgan fingerprint density at radius 3 is 2.41 bits per heavy atom. The Kier molecular flexibility index (Phi) is 9.47. The van der Waals surface area contributed by atoms with Gasteiger partial charge in [-0.1, -0.05) is 30.3 Å². The zero-order valence-corrected chi connectivity index (χ0v) is 17.6. The van der Waals surface area contributed by atoms with Crippen LogP contribution in [0.25, 0.3) is 0 Å². The quantitative estimate of drug-likeness (QED) is 0.458. The van der Waals surface area contributed by atoms with Gasteiger partial charge in [0, 0.05) is 12.5 Å². The van der Waals surface area contributed by atoms with E-state index < -0.39 is 18.1 Å². The van der Waals surface area contributed by atoms with Crippen LogP contribution in [0.5, 0.6) is 0 Å². The largest absolute Gasteiger partial charge is 0.479 e. The number of carbonyl (C=O) groups excluding carboxylic acids is 2. The Bertz CT molecular complexity index is 678. The maximum Gasteiger partial charge on any atom is 0.330 e. The number of hydrogen-bond acceptors (Lipinski definition) is 5. The highest BCUT2D eigenvalue weighted by molar-refractivity contribution is 7.98. The fourth-order valence-corrected chi connectivity index (χ4v) is 4.06. The number of nitrogens with two attached hydrogens (primary N) is 1. The van der Waals surface area contributed by atoms with Gasteiger partial charge in [-0.15, -0.1) is 0 Å². The molecule has 29 heavy (non-hydrogen) atoms. The van der Waals surface area contributed by atoms with Gasteiger partial charge >= 0.3 is 5.97 Å². The van der Waals surface area contributed by atoms with Crippen molar-refractivity contribution in [2.75, 3.05) is 18.6 Å². The van der Waals surface area contributed by atoms with Crippen LogP contribution in [0.2, 0.25) is 0 Å². The molecule has 2 atom stereocenters. The number of carboxylic acids is 1. The Hall–Kier alpha value is -2.06. The predicted molar refractivity (Wildman–Crippen MR) is 114 cm³/mol. The molecular formula is C21H31N3O4S. The number of amides is 2.